The van der Waals surface area contributed by atoms with Crippen LogP contribution in [0, 0.1) is 23.7 Å². The summed E-state index contributed by atoms with van der Waals surface area (Å²) in [5.74, 6) is 1.14. The van der Waals surface area contributed by atoms with Gasteiger partial charge in [0.25, 0.3) is 0 Å². The van der Waals surface area contributed by atoms with Gasteiger partial charge in [-0.3, -0.25) is 9.59 Å². The van der Waals surface area contributed by atoms with Crippen LogP contribution in [0.2, 0.25) is 0 Å². The highest BCUT2D eigenvalue weighted by atomic mass is 35.5. The molecule has 0 aromatic heterocycles. The van der Waals surface area contributed by atoms with E-state index in [9.17, 15) is 19.2 Å². The molecule has 0 N–H and O–H groups in total. The molecule has 8 nitrogen and oxygen atoms in total. The molecule has 0 aliphatic heterocycles. The van der Waals surface area contributed by atoms with E-state index >= 15 is 0 Å². The Bertz CT molecular complexity index is 1260. The Morgan fingerprint density at radius 1 is 0.617 bits per heavy atom. The number of hydrogen-bond acceptors (Lipinski definition) is 8. The number of carbonyl (C=O) groups is 4. The first-order valence-corrected chi connectivity index (χ1v) is 18.0. The Labute approximate surface area is 287 Å². The fourth-order valence-corrected chi connectivity index (χ4v) is 8.22. The maximum absolute atomic E-state index is 13.3. The van der Waals surface area contributed by atoms with E-state index < -0.39 is 11.9 Å². The van der Waals surface area contributed by atoms with Gasteiger partial charge < -0.3 is 18.9 Å². The van der Waals surface area contributed by atoms with E-state index in [4.69, 9.17) is 42.1 Å². The van der Waals surface area contributed by atoms with Gasteiger partial charge in [-0.25, -0.2) is 9.59 Å². The van der Waals surface area contributed by atoms with Crippen LogP contribution in [-0.4, -0.2) is 37.1 Å². The van der Waals surface area contributed by atoms with Gasteiger partial charge in [-0.15, -0.1) is 0 Å². The fourth-order valence-electron chi connectivity index (χ4n) is 8.11. The molecule has 1 aromatic carbocycles. The maximum Gasteiger partial charge on any atom is 0.349 e. The Morgan fingerprint density at radius 2 is 1.00 bits per heavy atom. The van der Waals surface area contributed by atoms with Gasteiger partial charge in [0.05, 0.1) is 25.0 Å². The van der Waals surface area contributed by atoms with Crippen LogP contribution < -0.4 is 9.47 Å². The van der Waals surface area contributed by atoms with Crippen LogP contribution >= 0.6 is 23.2 Å². The molecule has 4 aliphatic rings. The third kappa shape index (κ3) is 9.20. The second-order valence-corrected chi connectivity index (χ2v) is 14.7. The lowest BCUT2D eigenvalue weighted by Gasteiger charge is -2.29. The summed E-state index contributed by atoms with van der Waals surface area (Å²) in [6, 6.07) is 3.65. The lowest BCUT2D eigenvalue weighted by molar-refractivity contribution is -0.141. The molecule has 4 aliphatic carbocycles. The zero-order chi connectivity index (χ0) is 33.5. The van der Waals surface area contributed by atoms with E-state index in [1.54, 1.807) is 0 Å². The number of esters is 4. The van der Waals surface area contributed by atoms with Crippen molar-refractivity contribution in [1.29, 1.82) is 0 Å². The number of halogens is 2. The van der Waals surface area contributed by atoms with Gasteiger partial charge in [0.1, 0.15) is 21.6 Å². The minimum absolute atomic E-state index is 0.112. The van der Waals surface area contributed by atoms with Gasteiger partial charge in [-0.1, -0.05) is 36.4 Å². The minimum Gasteiger partial charge on any atom is -0.461 e. The number of fused-ring (bicyclic) bond motifs is 5. The normalized spacial score (nSPS) is 26.2. The second-order valence-electron chi connectivity index (χ2n) is 13.7. The summed E-state index contributed by atoms with van der Waals surface area (Å²) in [5, 5.41) is -0.224. The number of ether oxygens (including phenoxy) is 4. The summed E-state index contributed by atoms with van der Waals surface area (Å²) in [6.07, 6.45) is 13.4. The van der Waals surface area contributed by atoms with Crippen LogP contribution in [0.25, 0.3) is 0 Å². The molecule has 3 saturated carbocycles. The summed E-state index contributed by atoms with van der Waals surface area (Å²) in [6.45, 7) is 7.39. The molecule has 2 bridgehead atoms. The zero-order valence-electron chi connectivity index (χ0n) is 27.1. The van der Waals surface area contributed by atoms with Crippen molar-refractivity contribution < 1.29 is 38.1 Å². The largest absolute Gasteiger partial charge is 0.461 e. The molecule has 1 aromatic rings. The van der Waals surface area contributed by atoms with E-state index in [2.05, 4.69) is 13.2 Å². The standard InChI is InChI=1S/C37H46Cl2O8/c1-22(38)34(40)44-19-3-5-24-7-11-26(12-8-24)36(42)46-30-17-18-31(33-29-16-15-28(21-29)32(30)33)47-37(43)27-13-9-25(10-14-27)6-4-20-45-35(41)23(2)39/h17-18,24-29H,1-16,19-21H2. The van der Waals surface area contributed by atoms with Crippen LogP contribution in [-0.2, 0) is 28.7 Å². The van der Waals surface area contributed by atoms with E-state index in [0.717, 1.165) is 107 Å². The van der Waals surface area contributed by atoms with Gasteiger partial charge in [0.2, 0.25) is 0 Å². The Morgan fingerprint density at radius 3 is 1.36 bits per heavy atom. The fraction of sp³-hybridized carbons (Fsp3) is 0.622. The molecule has 0 heterocycles. The smallest absolute Gasteiger partial charge is 0.349 e. The summed E-state index contributed by atoms with van der Waals surface area (Å²) in [5.41, 5.74) is 2.12. The first-order valence-electron chi connectivity index (χ1n) is 17.2. The molecule has 3 fully saturated rings. The average Bonchev–Trinajstić information content (AvgIpc) is 3.70. The van der Waals surface area contributed by atoms with E-state index in [1.807, 2.05) is 12.1 Å². The molecular weight excluding hydrogens is 643 g/mol. The predicted molar refractivity (Wildman–Crippen MR) is 178 cm³/mol. The van der Waals surface area contributed by atoms with Gasteiger partial charge in [-0.05, 0) is 132 Å². The van der Waals surface area contributed by atoms with Crippen molar-refractivity contribution in [2.24, 2.45) is 23.7 Å². The molecule has 47 heavy (non-hydrogen) atoms. The summed E-state index contributed by atoms with van der Waals surface area (Å²) >= 11 is 11.1. The molecule has 5 rings (SSSR count). The van der Waals surface area contributed by atoms with E-state index in [1.165, 1.54) is 0 Å². The summed E-state index contributed by atoms with van der Waals surface area (Å²) in [4.78, 5) is 49.5. The lowest BCUT2D eigenvalue weighted by Crippen LogP contribution is -2.27. The molecule has 0 spiro atoms. The third-order valence-corrected chi connectivity index (χ3v) is 11.0. The monoisotopic (exact) mass is 688 g/mol. The minimum atomic E-state index is -0.576. The maximum atomic E-state index is 13.3. The van der Waals surface area contributed by atoms with Crippen molar-refractivity contribution in [1.82, 2.24) is 0 Å². The van der Waals surface area contributed by atoms with Crippen LogP contribution in [0.15, 0.2) is 35.4 Å². The van der Waals surface area contributed by atoms with Crippen LogP contribution in [0.4, 0.5) is 0 Å². The quantitative estimate of drug-likeness (QED) is 0.0828. The average molecular weight is 690 g/mol. The van der Waals surface area contributed by atoms with E-state index in [-0.39, 0.29) is 33.8 Å². The van der Waals surface area contributed by atoms with E-state index in [0.29, 0.717) is 48.4 Å². The van der Waals surface area contributed by atoms with Crippen molar-refractivity contribution in [3.05, 3.63) is 46.5 Å². The first-order chi connectivity index (χ1) is 22.6. The molecule has 2 unspecified atom stereocenters. The number of carbonyl (C=O) groups excluding carboxylic acids is 4. The SMILES string of the molecule is C=C(Cl)C(=O)OCCCC1CCC(C(=O)Oc2ccc(OC(=O)C3CCC(CCCOC(=O)C(=C)Cl)CC3)c3c2C2CCC3C2)CC1. The van der Waals surface area contributed by atoms with Gasteiger partial charge in [-0.2, -0.15) is 0 Å². The van der Waals surface area contributed by atoms with Crippen molar-refractivity contribution in [3.63, 3.8) is 0 Å². The van der Waals surface area contributed by atoms with Gasteiger partial charge >= 0.3 is 23.9 Å². The Kier molecular flexibility index (Phi) is 12.5. The van der Waals surface area contributed by atoms with Crippen molar-refractivity contribution in [2.75, 3.05) is 13.2 Å². The van der Waals surface area contributed by atoms with Crippen molar-refractivity contribution in [2.45, 2.75) is 108 Å². The second kappa shape index (κ2) is 16.5. The van der Waals surface area contributed by atoms with Crippen LogP contribution in [0.1, 0.15) is 119 Å². The molecule has 0 amide bonds. The van der Waals surface area contributed by atoms with Crippen molar-refractivity contribution >= 4 is 47.1 Å². The number of benzene rings is 1. The Hall–Kier alpha value is -2.84. The van der Waals surface area contributed by atoms with Crippen LogP contribution in [0.5, 0.6) is 11.5 Å². The Balaban J connectivity index is 1.09. The van der Waals surface area contributed by atoms with Gasteiger partial charge in [0, 0.05) is 11.1 Å². The molecule has 0 saturated heterocycles. The number of rotatable bonds is 14. The third-order valence-electron chi connectivity index (χ3n) is 10.7. The summed E-state index contributed by atoms with van der Waals surface area (Å²) < 4.78 is 22.3. The highest BCUT2D eigenvalue weighted by molar-refractivity contribution is 6.41. The first kappa shape index (κ1) is 35.5. The molecular formula is C37H46Cl2O8. The van der Waals surface area contributed by atoms with Crippen LogP contribution in [0.3, 0.4) is 0 Å². The van der Waals surface area contributed by atoms with Gasteiger partial charge in [0.15, 0.2) is 0 Å². The molecule has 10 heteroatoms. The highest BCUT2D eigenvalue weighted by Gasteiger charge is 2.43. The predicted octanol–water partition coefficient (Wildman–Crippen LogP) is 8.63. The lowest BCUT2D eigenvalue weighted by atomic mass is 9.80. The molecule has 256 valence electrons. The zero-order valence-corrected chi connectivity index (χ0v) is 28.6. The number of hydrogen-bond donors (Lipinski definition) is 0. The molecule has 0 radical (unpaired) electrons. The highest BCUT2D eigenvalue weighted by Crippen LogP contribution is 2.59. The summed E-state index contributed by atoms with van der Waals surface area (Å²) in [7, 11) is 0. The topological polar surface area (TPSA) is 105 Å². The van der Waals surface area contributed by atoms with Crippen molar-refractivity contribution in [3.8, 4) is 11.5 Å². The molecule has 2 atom stereocenters.